The maximum atomic E-state index is 12.6. The van der Waals surface area contributed by atoms with E-state index in [9.17, 15) is 14.4 Å². The summed E-state index contributed by atoms with van der Waals surface area (Å²) in [5.74, 6) is -0.664. The van der Waals surface area contributed by atoms with Crippen LogP contribution in [-0.4, -0.2) is 35.0 Å². The second kappa shape index (κ2) is 8.63. The molecule has 1 aliphatic rings. The van der Waals surface area contributed by atoms with Gasteiger partial charge in [-0.05, 0) is 36.4 Å². The number of nitrogens with zero attached hydrogens (tertiary/aromatic N) is 1. The van der Waals surface area contributed by atoms with Crippen LogP contribution in [0.25, 0.3) is 16.2 Å². The quantitative estimate of drug-likeness (QED) is 0.527. The normalized spacial score (nSPS) is 15.4. The lowest BCUT2D eigenvalue weighted by Crippen LogP contribution is -2.37. The first-order valence-electron chi connectivity index (χ1n) is 9.21. The summed E-state index contributed by atoms with van der Waals surface area (Å²) in [5.41, 5.74) is 1.98. The number of halogens is 1. The van der Waals surface area contributed by atoms with E-state index >= 15 is 0 Å². The monoisotopic (exact) mass is 456 g/mol. The number of fused-ring (bicyclic) bond motifs is 1. The molecule has 0 spiro atoms. The molecule has 8 heteroatoms. The van der Waals surface area contributed by atoms with Crippen molar-refractivity contribution < 1.29 is 14.4 Å². The second-order valence-electron chi connectivity index (χ2n) is 6.74. The standard InChI is InChI=1S/C22H17ClN2O3S2/c1-13-6-8-14(9-7-13)12-17-21(27)25(22(28)30-17)11-10-24-20(26)19-18(23)15-4-2-3-5-16(15)29-19/h2-9,12H,10-11H2,1H3,(H,24,26). The average Bonchev–Trinajstić information content (AvgIpc) is 3.21. The Labute approximate surface area is 186 Å². The van der Waals surface area contributed by atoms with Crippen molar-refractivity contribution in [2.75, 3.05) is 13.1 Å². The minimum Gasteiger partial charge on any atom is -0.349 e. The van der Waals surface area contributed by atoms with Crippen LogP contribution in [0.5, 0.6) is 0 Å². The van der Waals surface area contributed by atoms with E-state index in [1.807, 2.05) is 55.5 Å². The van der Waals surface area contributed by atoms with Gasteiger partial charge in [0.15, 0.2) is 0 Å². The van der Waals surface area contributed by atoms with Gasteiger partial charge < -0.3 is 5.32 Å². The highest BCUT2D eigenvalue weighted by molar-refractivity contribution is 8.18. The SMILES string of the molecule is Cc1ccc(C=C2SC(=O)N(CCNC(=O)c3sc4ccccc4c3Cl)C2=O)cc1. The van der Waals surface area contributed by atoms with Crippen LogP contribution in [0.4, 0.5) is 4.79 Å². The number of aryl methyl sites for hydroxylation is 1. The zero-order valence-electron chi connectivity index (χ0n) is 16.0. The van der Waals surface area contributed by atoms with E-state index in [1.165, 1.54) is 11.3 Å². The Morgan fingerprint density at radius 3 is 2.60 bits per heavy atom. The molecule has 3 aromatic rings. The lowest BCUT2D eigenvalue weighted by atomic mass is 10.1. The lowest BCUT2D eigenvalue weighted by molar-refractivity contribution is -0.122. The van der Waals surface area contributed by atoms with E-state index in [1.54, 1.807) is 6.08 Å². The molecule has 1 saturated heterocycles. The molecular formula is C22H17ClN2O3S2. The van der Waals surface area contributed by atoms with Crippen molar-refractivity contribution in [3.05, 3.63) is 74.5 Å². The molecule has 0 atom stereocenters. The topological polar surface area (TPSA) is 66.5 Å². The van der Waals surface area contributed by atoms with E-state index in [0.29, 0.717) is 14.8 Å². The van der Waals surface area contributed by atoms with Crippen molar-refractivity contribution in [2.45, 2.75) is 6.92 Å². The Kier molecular flexibility index (Phi) is 5.94. The maximum Gasteiger partial charge on any atom is 0.293 e. The fourth-order valence-corrected chi connectivity index (χ4v) is 5.33. The van der Waals surface area contributed by atoms with E-state index in [0.717, 1.165) is 37.9 Å². The predicted octanol–water partition coefficient (Wildman–Crippen LogP) is 5.33. The number of amides is 3. The molecule has 1 N–H and O–H groups in total. The van der Waals surface area contributed by atoms with Crippen LogP contribution < -0.4 is 5.32 Å². The number of nitrogens with one attached hydrogen (secondary N) is 1. The van der Waals surface area contributed by atoms with Gasteiger partial charge in [0, 0.05) is 23.2 Å². The summed E-state index contributed by atoms with van der Waals surface area (Å²) in [5, 5.41) is 3.66. The second-order valence-corrected chi connectivity index (χ2v) is 9.16. The minimum absolute atomic E-state index is 0.101. The van der Waals surface area contributed by atoms with Gasteiger partial charge in [-0.3, -0.25) is 19.3 Å². The molecule has 3 amide bonds. The molecule has 30 heavy (non-hydrogen) atoms. The highest BCUT2D eigenvalue weighted by Crippen LogP contribution is 2.35. The summed E-state index contributed by atoms with van der Waals surface area (Å²) in [6.45, 7) is 2.24. The lowest BCUT2D eigenvalue weighted by Gasteiger charge is -2.12. The smallest absolute Gasteiger partial charge is 0.293 e. The van der Waals surface area contributed by atoms with Gasteiger partial charge in [-0.1, -0.05) is 59.6 Å². The Morgan fingerprint density at radius 1 is 1.13 bits per heavy atom. The van der Waals surface area contributed by atoms with Gasteiger partial charge in [0.2, 0.25) is 0 Å². The highest BCUT2D eigenvalue weighted by Gasteiger charge is 2.34. The summed E-state index contributed by atoms with van der Waals surface area (Å²) in [7, 11) is 0. The van der Waals surface area contributed by atoms with Crippen molar-refractivity contribution in [3.8, 4) is 0 Å². The number of benzene rings is 2. The number of thioether (sulfide) groups is 1. The molecule has 0 radical (unpaired) electrons. The maximum absolute atomic E-state index is 12.6. The number of carbonyl (C=O) groups excluding carboxylic acids is 3. The summed E-state index contributed by atoms with van der Waals surface area (Å²) in [6.07, 6.45) is 1.71. The fraction of sp³-hybridized carbons (Fsp3) is 0.136. The molecule has 152 valence electrons. The van der Waals surface area contributed by atoms with Crippen molar-refractivity contribution in [1.82, 2.24) is 10.2 Å². The van der Waals surface area contributed by atoms with E-state index in [-0.39, 0.29) is 30.1 Å². The third-order valence-corrected chi connectivity index (χ3v) is 7.19. The van der Waals surface area contributed by atoms with E-state index in [4.69, 9.17) is 11.6 Å². The van der Waals surface area contributed by atoms with Crippen molar-refractivity contribution in [3.63, 3.8) is 0 Å². The predicted molar refractivity (Wildman–Crippen MR) is 123 cm³/mol. The zero-order valence-corrected chi connectivity index (χ0v) is 18.4. The van der Waals surface area contributed by atoms with Crippen molar-refractivity contribution in [1.29, 1.82) is 0 Å². The van der Waals surface area contributed by atoms with Gasteiger partial charge in [-0.15, -0.1) is 11.3 Å². The third-order valence-electron chi connectivity index (χ3n) is 4.61. The van der Waals surface area contributed by atoms with Crippen LogP contribution in [-0.2, 0) is 4.79 Å². The molecule has 0 saturated carbocycles. The molecule has 4 rings (SSSR count). The van der Waals surface area contributed by atoms with Gasteiger partial charge in [0.1, 0.15) is 4.88 Å². The van der Waals surface area contributed by atoms with Crippen LogP contribution in [0.3, 0.4) is 0 Å². The van der Waals surface area contributed by atoms with E-state index in [2.05, 4.69) is 5.32 Å². The Morgan fingerprint density at radius 2 is 1.87 bits per heavy atom. The molecule has 0 bridgehead atoms. The van der Waals surface area contributed by atoms with Crippen molar-refractivity contribution in [2.24, 2.45) is 0 Å². The Hall–Kier alpha value is -2.61. The average molecular weight is 457 g/mol. The number of rotatable bonds is 5. The fourth-order valence-electron chi connectivity index (χ4n) is 3.03. The number of thiophene rings is 1. The molecule has 2 aromatic carbocycles. The van der Waals surface area contributed by atoms with Crippen LogP contribution in [0.15, 0.2) is 53.4 Å². The van der Waals surface area contributed by atoms with E-state index < -0.39 is 0 Å². The minimum atomic E-state index is -0.347. The third kappa shape index (κ3) is 4.14. The highest BCUT2D eigenvalue weighted by atomic mass is 35.5. The van der Waals surface area contributed by atoms with Crippen LogP contribution in [0.1, 0.15) is 20.8 Å². The first-order valence-corrected chi connectivity index (χ1v) is 11.2. The molecule has 0 aliphatic carbocycles. The van der Waals surface area contributed by atoms with Crippen LogP contribution in [0, 0.1) is 6.92 Å². The molecule has 1 aliphatic heterocycles. The number of hydrogen-bond acceptors (Lipinski definition) is 5. The molecular weight excluding hydrogens is 440 g/mol. The summed E-state index contributed by atoms with van der Waals surface area (Å²) in [4.78, 5) is 39.3. The van der Waals surface area contributed by atoms with Crippen LogP contribution in [0.2, 0.25) is 5.02 Å². The summed E-state index contributed by atoms with van der Waals surface area (Å²) in [6, 6.07) is 15.2. The molecule has 5 nitrogen and oxygen atoms in total. The number of hydrogen-bond donors (Lipinski definition) is 1. The van der Waals surface area contributed by atoms with Gasteiger partial charge in [-0.2, -0.15) is 0 Å². The van der Waals surface area contributed by atoms with Crippen molar-refractivity contribution >= 4 is 67.9 Å². The number of imide groups is 1. The number of carbonyl (C=O) groups is 3. The molecule has 1 fully saturated rings. The summed E-state index contributed by atoms with van der Waals surface area (Å²) < 4.78 is 0.930. The Bertz CT molecular complexity index is 1180. The first kappa shape index (κ1) is 20.7. The van der Waals surface area contributed by atoms with Gasteiger partial charge >= 0.3 is 0 Å². The molecule has 2 heterocycles. The largest absolute Gasteiger partial charge is 0.349 e. The van der Waals surface area contributed by atoms with Gasteiger partial charge in [0.05, 0.1) is 9.93 Å². The van der Waals surface area contributed by atoms with Crippen LogP contribution >= 0.6 is 34.7 Å². The van der Waals surface area contributed by atoms with Gasteiger partial charge in [0.25, 0.3) is 17.1 Å². The van der Waals surface area contributed by atoms with Gasteiger partial charge in [-0.25, -0.2) is 0 Å². The Balaban J connectivity index is 1.39. The summed E-state index contributed by atoms with van der Waals surface area (Å²) >= 11 is 8.55. The molecule has 0 unspecified atom stereocenters. The molecule has 1 aromatic heterocycles. The zero-order chi connectivity index (χ0) is 21.3. The first-order chi connectivity index (χ1) is 14.4.